The third-order valence-electron chi connectivity index (χ3n) is 1.87. The lowest BCUT2D eigenvalue weighted by Crippen LogP contribution is -2.34. The summed E-state index contributed by atoms with van der Waals surface area (Å²) in [5, 5.41) is 17.4. The molecule has 0 saturated carbocycles. The highest BCUT2D eigenvalue weighted by Gasteiger charge is 2.15. The van der Waals surface area contributed by atoms with Crippen LogP contribution in [0.2, 0.25) is 0 Å². The molecule has 0 aliphatic rings. The van der Waals surface area contributed by atoms with E-state index in [1.807, 2.05) is 0 Å². The summed E-state index contributed by atoms with van der Waals surface area (Å²) < 4.78 is 0. The van der Waals surface area contributed by atoms with E-state index in [-0.39, 0.29) is 13.1 Å². The minimum absolute atomic E-state index is 0.371. The summed E-state index contributed by atoms with van der Waals surface area (Å²) in [6.45, 7) is -0.742. The first-order valence-corrected chi connectivity index (χ1v) is 4.92. The fraction of sp³-hybridized carbons (Fsp3) is 0.200. The minimum Gasteiger partial charge on any atom is -0.480 e. The molecule has 0 heterocycles. The highest BCUT2D eigenvalue weighted by Crippen LogP contribution is 2.23. The molecule has 6 heteroatoms. The van der Waals surface area contributed by atoms with E-state index in [4.69, 9.17) is 10.2 Å². The van der Waals surface area contributed by atoms with Gasteiger partial charge in [-0.2, -0.15) is 0 Å². The van der Waals surface area contributed by atoms with Gasteiger partial charge in [0, 0.05) is 4.90 Å². The Morgan fingerprint density at radius 1 is 1.12 bits per heavy atom. The van der Waals surface area contributed by atoms with E-state index in [9.17, 15) is 9.59 Å². The van der Waals surface area contributed by atoms with Crippen LogP contribution in [-0.4, -0.2) is 35.2 Å². The zero-order valence-electron chi connectivity index (χ0n) is 8.33. The molecule has 1 aromatic carbocycles. The number of carboxylic acids is 2. The van der Waals surface area contributed by atoms with Gasteiger partial charge in [0.1, 0.15) is 13.1 Å². The molecule has 0 amide bonds. The second-order valence-corrected chi connectivity index (χ2v) is 3.61. The van der Waals surface area contributed by atoms with Crippen LogP contribution in [-0.2, 0) is 9.59 Å². The average molecular weight is 241 g/mol. The highest BCUT2D eigenvalue weighted by atomic mass is 32.1. The normalized spacial score (nSPS) is 9.81. The molecule has 0 unspecified atom stereocenters. The Balaban J connectivity index is 2.96. The van der Waals surface area contributed by atoms with Gasteiger partial charge in [-0.15, -0.1) is 12.6 Å². The minimum atomic E-state index is -1.09. The molecule has 0 aliphatic carbocycles. The van der Waals surface area contributed by atoms with Crippen LogP contribution in [0.25, 0.3) is 0 Å². The van der Waals surface area contributed by atoms with E-state index in [2.05, 4.69) is 12.6 Å². The molecular weight excluding hydrogens is 230 g/mol. The Labute approximate surface area is 97.7 Å². The Morgan fingerprint density at radius 3 is 2.06 bits per heavy atom. The molecule has 0 aliphatic heterocycles. The molecule has 1 aromatic rings. The monoisotopic (exact) mass is 241 g/mol. The maximum absolute atomic E-state index is 10.6. The van der Waals surface area contributed by atoms with Crippen molar-refractivity contribution in [3.05, 3.63) is 24.3 Å². The van der Waals surface area contributed by atoms with Gasteiger partial charge in [0.25, 0.3) is 0 Å². The van der Waals surface area contributed by atoms with Gasteiger partial charge in [0.05, 0.1) is 5.69 Å². The predicted molar refractivity (Wildman–Crippen MR) is 61.2 cm³/mol. The number of hydrogen-bond donors (Lipinski definition) is 3. The molecule has 86 valence electrons. The van der Waals surface area contributed by atoms with Crippen molar-refractivity contribution in [3.8, 4) is 0 Å². The highest BCUT2D eigenvalue weighted by molar-refractivity contribution is 7.80. The summed E-state index contributed by atoms with van der Waals surface area (Å²) in [5.74, 6) is -2.17. The summed E-state index contributed by atoms with van der Waals surface area (Å²) in [4.78, 5) is 23.0. The van der Waals surface area contributed by atoms with Crippen LogP contribution in [0.4, 0.5) is 5.69 Å². The van der Waals surface area contributed by atoms with Crippen LogP contribution in [0.3, 0.4) is 0 Å². The van der Waals surface area contributed by atoms with Gasteiger partial charge in [-0.3, -0.25) is 9.59 Å². The van der Waals surface area contributed by atoms with Gasteiger partial charge in [-0.25, -0.2) is 0 Å². The van der Waals surface area contributed by atoms with Crippen molar-refractivity contribution < 1.29 is 19.8 Å². The number of nitrogens with zero attached hydrogens (tertiary/aromatic N) is 1. The molecule has 0 aromatic heterocycles. The van der Waals surface area contributed by atoms with Crippen LogP contribution >= 0.6 is 12.6 Å². The number of carbonyl (C=O) groups is 2. The number of aliphatic carboxylic acids is 2. The number of hydrogen-bond acceptors (Lipinski definition) is 4. The van der Waals surface area contributed by atoms with Crippen molar-refractivity contribution in [3.63, 3.8) is 0 Å². The lowest BCUT2D eigenvalue weighted by molar-refractivity contribution is -0.136. The zero-order chi connectivity index (χ0) is 12.1. The first-order chi connectivity index (χ1) is 7.50. The van der Waals surface area contributed by atoms with Crippen molar-refractivity contribution in [2.75, 3.05) is 18.0 Å². The van der Waals surface area contributed by atoms with Crippen molar-refractivity contribution in [1.82, 2.24) is 0 Å². The molecule has 2 N–H and O–H groups in total. The summed E-state index contributed by atoms with van der Waals surface area (Å²) in [5.41, 5.74) is 0.496. The molecule has 16 heavy (non-hydrogen) atoms. The van der Waals surface area contributed by atoms with E-state index in [0.29, 0.717) is 10.6 Å². The molecule has 0 bridgehead atoms. The second-order valence-electron chi connectivity index (χ2n) is 3.13. The number of thiol groups is 1. The maximum atomic E-state index is 10.6. The van der Waals surface area contributed by atoms with E-state index >= 15 is 0 Å². The first-order valence-electron chi connectivity index (χ1n) is 4.47. The molecule has 0 radical (unpaired) electrons. The summed E-state index contributed by atoms with van der Waals surface area (Å²) in [6, 6.07) is 6.75. The summed E-state index contributed by atoms with van der Waals surface area (Å²) in [7, 11) is 0. The smallest absolute Gasteiger partial charge is 0.323 e. The number of anilines is 1. The van der Waals surface area contributed by atoms with Gasteiger partial charge in [0.15, 0.2) is 0 Å². The molecule has 1 rings (SSSR count). The van der Waals surface area contributed by atoms with Crippen molar-refractivity contribution in [1.29, 1.82) is 0 Å². The predicted octanol–water partition coefficient (Wildman–Crippen LogP) is 0.951. The third-order valence-corrected chi connectivity index (χ3v) is 2.25. The topological polar surface area (TPSA) is 77.8 Å². The zero-order valence-corrected chi connectivity index (χ0v) is 9.22. The Hall–Kier alpha value is -1.69. The Bertz CT molecular complexity index is 392. The summed E-state index contributed by atoms with van der Waals surface area (Å²) >= 11 is 4.15. The van der Waals surface area contributed by atoms with E-state index in [1.54, 1.807) is 24.3 Å². The maximum Gasteiger partial charge on any atom is 0.323 e. The molecule has 0 saturated heterocycles. The van der Waals surface area contributed by atoms with Crippen molar-refractivity contribution >= 4 is 30.3 Å². The number of para-hydroxylation sites is 1. The largest absolute Gasteiger partial charge is 0.480 e. The summed E-state index contributed by atoms with van der Waals surface area (Å²) in [6.07, 6.45) is 0. The fourth-order valence-corrected chi connectivity index (χ4v) is 1.59. The van der Waals surface area contributed by atoms with Crippen LogP contribution in [0.15, 0.2) is 29.2 Å². The van der Waals surface area contributed by atoms with E-state index in [1.165, 1.54) is 4.90 Å². The quantitative estimate of drug-likeness (QED) is 0.669. The SMILES string of the molecule is O=C(O)CN(CC(=O)O)c1ccccc1S. The first kappa shape index (κ1) is 12.4. The van der Waals surface area contributed by atoms with Crippen LogP contribution in [0, 0.1) is 0 Å². The molecular formula is C10H11NO4S. The van der Waals surface area contributed by atoms with Crippen LogP contribution < -0.4 is 4.90 Å². The standard InChI is InChI=1S/C10H11NO4S/c12-9(13)5-11(6-10(14)15)7-3-1-2-4-8(7)16/h1-4,16H,5-6H2,(H,12,13)(H,14,15). The molecule has 0 spiro atoms. The van der Waals surface area contributed by atoms with Gasteiger partial charge in [0.2, 0.25) is 0 Å². The Kier molecular flexibility index (Phi) is 4.19. The van der Waals surface area contributed by atoms with E-state index < -0.39 is 11.9 Å². The van der Waals surface area contributed by atoms with Crippen molar-refractivity contribution in [2.45, 2.75) is 4.90 Å². The molecule has 0 fully saturated rings. The number of benzene rings is 1. The lowest BCUT2D eigenvalue weighted by atomic mass is 10.3. The van der Waals surface area contributed by atoms with Gasteiger partial charge in [-0.1, -0.05) is 12.1 Å². The van der Waals surface area contributed by atoms with Gasteiger partial charge >= 0.3 is 11.9 Å². The number of rotatable bonds is 5. The number of carboxylic acid groups (broad SMARTS) is 2. The Morgan fingerprint density at radius 2 is 1.62 bits per heavy atom. The van der Waals surface area contributed by atoms with Crippen LogP contribution in [0.5, 0.6) is 0 Å². The molecule has 0 atom stereocenters. The molecule has 5 nitrogen and oxygen atoms in total. The van der Waals surface area contributed by atoms with E-state index in [0.717, 1.165) is 0 Å². The van der Waals surface area contributed by atoms with Gasteiger partial charge in [-0.05, 0) is 12.1 Å². The van der Waals surface area contributed by atoms with Crippen molar-refractivity contribution in [2.24, 2.45) is 0 Å². The average Bonchev–Trinajstić information content (AvgIpc) is 2.15. The third kappa shape index (κ3) is 3.47. The van der Waals surface area contributed by atoms with Gasteiger partial charge < -0.3 is 15.1 Å². The lowest BCUT2D eigenvalue weighted by Gasteiger charge is -2.21. The fourth-order valence-electron chi connectivity index (χ4n) is 1.28. The second kappa shape index (κ2) is 5.41. The van der Waals surface area contributed by atoms with Crippen LogP contribution in [0.1, 0.15) is 0 Å².